The van der Waals surface area contributed by atoms with Crippen molar-refractivity contribution in [2.45, 2.75) is 20.8 Å². The summed E-state index contributed by atoms with van der Waals surface area (Å²) in [5.41, 5.74) is 5.32. The van der Waals surface area contributed by atoms with E-state index in [0.29, 0.717) is 5.56 Å². The van der Waals surface area contributed by atoms with Gasteiger partial charge in [0.1, 0.15) is 0 Å². The highest BCUT2D eigenvalue weighted by Gasteiger charge is 2.09. The molecule has 3 aromatic rings. The third kappa shape index (κ3) is 4.68. The Hall–Kier alpha value is -3.34. The summed E-state index contributed by atoms with van der Waals surface area (Å²) in [6, 6.07) is 17.7. The molecule has 0 bridgehead atoms. The van der Waals surface area contributed by atoms with Gasteiger partial charge >= 0.3 is 0 Å². The van der Waals surface area contributed by atoms with Crippen LogP contribution >= 0.6 is 0 Å². The molecule has 28 heavy (non-hydrogen) atoms. The Balaban J connectivity index is 1.70. The minimum absolute atomic E-state index is 0.184. The van der Waals surface area contributed by atoms with Gasteiger partial charge in [-0.3, -0.25) is 9.78 Å². The molecule has 0 unspecified atom stereocenters. The third-order valence-electron chi connectivity index (χ3n) is 4.68. The second-order valence-corrected chi connectivity index (χ2v) is 6.58. The Morgan fingerprint density at radius 3 is 2.36 bits per heavy atom. The lowest BCUT2D eigenvalue weighted by Crippen LogP contribution is -2.21. The summed E-state index contributed by atoms with van der Waals surface area (Å²) in [6.07, 6.45) is 3.28. The number of anilines is 4. The maximum atomic E-state index is 12.6. The Morgan fingerprint density at radius 1 is 0.964 bits per heavy atom. The fraction of sp³-hybridized carbons (Fsp3) is 0.217. The standard InChI is InChI=1S/C23H26N4O/c1-4-27(5-2)21-12-10-19(11-13-21)26-23(28)18-14-20(16-24-15-18)25-22-9-7-6-8-17(22)3/h6-16,25H,4-5H2,1-3H3,(H,26,28). The van der Waals surface area contributed by atoms with Crippen LogP contribution in [0.3, 0.4) is 0 Å². The van der Waals surface area contributed by atoms with Crippen molar-refractivity contribution in [1.82, 2.24) is 4.98 Å². The number of carbonyl (C=O) groups excluding carboxylic acids is 1. The number of para-hydroxylation sites is 1. The molecule has 2 aromatic carbocycles. The summed E-state index contributed by atoms with van der Waals surface area (Å²) in [5, 5.41) is 6.25. The number of hydrogen-bond donors (Lipinski definition) is 2. The Morgan fingerprint density at radius 2 is 1.68 bits per heavy atom. The Bertz CT molecular complexity index is 933. The number of nitrogens with zero attached hydrogens (tertiary/aromatic N) is 2. The number of aromatic nitrogens is 1. The molecule has 0 saturated carbocycles. The molecule has 1 amide bonds. The highest BCUT2D eigenvalue weighted by molar-refractivity contribution is 6.04. The first-order valence-corrected chi connectivity index (χ1v) is 9.54. The lowest BCUT2D eigenvalue weighted by atomic mass is 10.2. The van der Waals surface area contributed by atoms with Gasteiger partial charge in [-0.1, -0.05) is 18.2 Å². The van der Waals surface area contributed by atoms with E-state index >= 15 is 0 Å². The normalized spacial score (nSPS) is 10.4. The maximum Gasteiger partial charge on any atom is 0.257 e. The van der Waals surface area contributed by atoms with Crippen molar-refractivity contribution in [3.05, 3.63) is 78.1 Å². The zero-order valence-electron chi connectivity index (χ0n) is 16.6. The first kappa shape index (κ1) is 19.4. The van der Waals surface area contributed by atoms with Gasteiger partial charge in [0, 0.05) is 36.3 Å². The first-order chi connectivity index (χ1) is 13.6. The molecule has 0 aliphatic rings. The van der Waals surface area contributed by atoms with Crippen LogP contribution in [0.4, 0.5) is 22.7 Å². The van der Waals surface area contributed by atoms with E-state index in [2.05, 4.69) is 34.4 Å². The van der Waals surface area contributed by atoms with Crippen LogP contribution < -0.4 is 15.5 Å². The molecule has 0 atom stereocenters. The SMILES string of the molecule is CCN(CC)c1ccc(NC(=O)c2cncc(Nc3ccccc3C)c2)cc1. The molecule has 0 aliphatic heterocycles. The van der Waals surface area contributed by atoms with E-state index < -0.39 is 0 Å². The highest BCUT2D eigenvalue weighted by atomic mass is 16.1. The molecule has 5 nitrogen and oxygen atoms in total. The average Bonchev–Trinajstić information content (AvgIpc) is 2.72. The second-order valence-electron chi connectivity index (χ2n) is 6.58. The second kappa shape index (κ2) is 9.04. The summed E-state index contributed by atoms with van der Waals surface area (Å²) in [5.74, 6) is -0.184. The van der Waals surface area contributed by atoms with Crippen LogP contribution in [0, 0.1) is 6.92 Å². The summed E-state index contributed by atoms with van der Waals surface area (Å²) < 4.78 is 0. The van der Waals surface area contributed by atoms with E-state index in [1.54, 1.807) is 18.5 Å². The number of aryl methyl sites for hydroxylation is 1. The zero-order valence-corrected chi connectivity index (χ0v) is 16.6. The molecule has 0 spiro atoms. The molecular weight excluding hydrogens is 348 g/mol. The number of pyridine rings is 1. The van der Waals surface area contributed by atoms with Crippen LogP contribution in [0.5, 0.6) is 0 Å². The molecule has 144 valence electrons. The van der Waals surface area contributed by atoms with Gasteiger partial charge in [0.05, 0.1) is 17.4 Å². The fourth-order valence-corrected chi connectivity index (χ4v) is 3.05. The number of carbonyl (C=O) groups is 1. The van der Waals surface area contributed by atoms with Crippen molar-refractivity contribution >= 4 is 28.7 Å². The maximum absolute atomic E-state index is 12.6. The lowest BCUT2D eigenvalue weighted by molar-refractivity contribution is 0.102. The minimum atomic E-state index is -0.184. The topological polar surface area (TPSA) is 57.3 Å². The smallest absolute Gasteiger partial charge is 0.257 e. The number of nitrogens with one attached hydrogen (secondary N) is 2. The van der Waals surface area contributed by atoms with E-state index in [1.165, 1.54) is 0 Å². The van der Waals surface area contributed by atoms with Gasteiger partial charge < -0.3 is 15.5 Å². The van der Waals surface area contributed by atoms with E-state index in [4.69, 9.17) is 0 Å². The fourth-order valence-electron chi connectivity index (χ4n) is 3.05. The molecular formula is C23H26N4O. The van der Waals surface area contributed by atoms with Gasteiger partial charge in [0.25, 0.3) is 5.91 Å². The van der Waals surface area contributed by atoms with Crippen LogP contribution in [-0.4, -0.2) is 24.0 Å². The predicted molar refractivity (Wildman–Crippen MR) is 117 cm³/mol. The van der Waals surface area contributed by atoms with Gasteiger partial charge in [0.2, 0.25) is 0 Å². The highest BCUT2D eigenvalue weighted by Crippen LogP contribution is 2.21. The van der Waals surface area contributed by atoms with Gasteiger partial charge in [0.15, 0.2) is 0 Å². The number of amides is 1. The molecule has 1 heterocycles. The van der Waals surface area contributed by atoms with E-state index in [9.17, 15) is 4.79 Å². The summed E-state index contributed by atoms with van der Waals surface area (Å²) >= 11 is 0. The van der Waals surface area contributed by atoms with Gasteiger partial charge in [-0.25, -0.2) is 0 Å². The molecule has 0 aliphatic carbocycles. The molecule has 0 saturated heterocycles. The lowest BCUT2D eigenvalue weighted by Gasteiger charge is -2.21. The summed E-state index contributed by atoms with van der Waals surface area (Å²) in [6.45, 7) is 8.20. The van der Waals surface area contributed by atoms with E-state index in [0.717, 1.165) is 41.4 Å². The van der Waals surface area contributed by atoms with Crippen molar-refractivity contribution < 1.29 is 4.79 Å². The summed E-state index contributed by atoms with van der Waals surface area (Å²) in [4.78, 5) is 19.1. The van der Waals surface area contributed by atoms with Crippen molar-refractivity contribution in [1.29, 1.82) is 0 Å². The number of rotatable bonds is 7. The van der Waals surface area contributed by atoms with Crippen molar-refractivity contribution in [2.75, 3.05) is 28.6 Å². The van der Waals surface area contributed by atoms with Crippen LogP contribution in [-0.2, 0) is 0 Å². The molecule has 5 heteroatoms. The molecule has 0 fully saturated rings. The quantitative estimate of drug-likeness (QED) is 0.594. The molecule has 1 aromatic heterocycles. The largest absolute Gasteiger partial charge is 0.372 e. The molecule has 3 rings (SSSR count). The third-order valence-corrected chi connectivity index (χ3v) is 4.68. The number of benzene rings is 2. The van der Waals surface area contributed by atoms with E-state index in [-0.39, 0.29) is 5.91 Å². The van der Waals surface area contributed by atoms with E-state index in [1.807, 2.05) is 55.5 Å². The summed E-state index contributed by atoms with van der Waals surface area (Å²) in [7, 11) is 0. The van der Waals surface area contributed by atoms with Crippen molar-refractivity contribution in [2.24, 2.45) is 0 Å². The molecule has 0 radical (unpaired) electrons. The zero-order chi connectivity index (χ0) is 19.9. The Kier molecular flexibility index (Phi) is 6.27. The predicted octanol–water partition coefficient (Wildman–Crippen LogP) is 5.23. The monoisotopic (exact) mass is 374 g/mol. The van der Waals surface area contributed by atoms with Crippen molar-refractivity contribution in [3.8, 4) is 0 Å². The minimum Gasteiger partial charge on any atom is -0.372 e. The van der Waals surface area contributed by atoms with Crippen LogP contribution in [0.15, 0.2) is 67.0 Å². The first-order valence-electron chi connectivity index (χ1n) is 9.54. The average molecular weight is 374 g/mol. The molecule has 2 N–H and O–H groups in total. The number of hydrogen-bond acceptors (Lipinski definition) is 4. The van der Waals surface area contributed by atoms with Crippen LogP contribution in [0.2, 0.25) is 0 Å². The van der Waals surface area contributed by atoms with Crippen LogP contribution in [0.25, 0.3) is 0 Å². The Labute approximate surface area is 166 Å². The van der Waals surface area contributed by atoms with Crippen molar-refractivity contribution in [3.63, 3.8) is 0 Å². The van der Waals surface area contributed by atoms with Gasteiger partial charge in [-0.15, -0.1) is 0 Å². The van der Waals surface area contributed by atoms with Gasteiger partial charge in [-0.2, -0.15) is 0 Å². The van der Waals surface area contributed by atoms with Gasteiger partial charge in [-0.05, 0) is 62.7 Å². The van der Waals surface area contributed by atoms with Crippen LogP contribution in [0.1, 0.15) is 29.8 Å².